The molecule has 4 fully saturated rings. The lowest BCUT2D eigenvalue weighted by Crippen LogP contribution is -2.61. The lowest BCUT2D eigenvalue weighted by atomic mass is 9.79. The van der Waals surface area contributed by atoms with E-state index in [1.807, 2.05) is 83.1 Å². The van der Waals surface area contributed by atoms with E-state index in [0.717, 1.165) is 4.76 Å². The second-order valence-corrected chi connectivity index (χ2v) is 23.4. The third-order valence-electron chi connectivity index (χ3n) is 13.5. The molecule has 60 heavy (non-hydrogen) atoms. The molecule has 0 radical (unpaired) electrons. The summed E-state index contributed by atoms with van der Waals surface area (Å²) in [5.74, 6) is -6.35. The zero-order valence-electron chi connectivity index (χ0n) is 39.4. The van der Waals surface area contributed by atoms with E-state index in [2.05, 4.69) is 0 Å². The lowest BCUT2D eigenvalue weighted by Gasteiger charge is -2.50. The van der Waals surface area contributed by atoms with E-state index >= 15 is 0 Å². The first-order valence-corrected chi connectivity index (χ1v) is 21.7. The van der Waals surface area contributed by atoms with Crippen LogP contribution >= 0.6 is 0 Å². The Balaban J connectivity index is 1.72. The molecular formula is C44H79N4O12+3. The first-order valence-electron chi connectivity index (χ1n) is 21.7. The SMILES string of the molecule is CC1(C)CC(OC(=O)CC(C(=O)OC2CC(C)(C)N([OH2+])C(C)(C)C2)C(CC(=O)OC2CC(C)(C)[N+](=O)C(C)(C)C2)C(=O)OC2CC(C)(C)N([OH2+])C(C)(C)C2)CC(C)(C)N1O. The number of hydroxylamine groups is 6. The third-order valence-corrected chi connectivity index (χ3v) is 13.5. The van der Waals surface area contributed by atoms with Crippen molar-refractivity contribution >= 4 is 23.9 Å². The molecule has 5 N–H and O–H groups in total. The Hall–Kier alpha value is -2.76. The second-order valence-electron chi connectivity index (χ2n) is 23.4. The van der Waals surface area contributed by atoms with Gasteiger partial charge in [-0.05, 0) is 83.1 Å². The molecule has 2 atom stereocenters. The highest BCUT2D eigenvalue weighted by Crippen LogP contribution is 2.43. The van der Waals surface area contributed by atoms with Crippen LogP contribution < -0.4 is 0 Å². The van der Waals surface area contributed by atoms with Crippen LogP contribution in [0.2, 0.25) is 0 Å². The summed E-state index contributed by atoms with van der Waals surface area (Å²) in [6, 6.07) is 0. The summed E-state index contributed by atoms with van der Waals surface area (Å²) in [6.45, 7) is 29.6. The van der Waals surface area contributed by atoms with Crippen molar-refractivity contribution in [2.75, 3.05) is 0 Å². The fourth-order valence-corrected chi connectivity index (χ4v) is 11.2. The van der Waals surface area contributed by atoms with Gasteiger partial charge in [0, 0.05) is 87.0 Å². The number of piperidine rings is 4. The fourth-order valence-electron chi connectivity index (χ4n) is 11.2. The molecule has 16 heteroatoms. The number of nitroso groups, excluding NO2 is 1. The van der Waals surface area contributed by atoms with Gasteiger partial charge >= 0.3 is 23.9 Å². The maximum absolute atomic E-state index is 14.7. The van der Waals surface area contributed by atoms with Crippen molar-refractivity contribution in [3.8, 4) is 0 Å². The molecule has 0 spiro atoms. The van der Waals surface area contributed by atoms with Crippen LogP contribution in [0.5, 0.6) is 0 Å². The Kier molecular flexibility index (Phi) is 13.9. The summed E-state index contributed by atoms with van der Waals surface area (Å²) in [5, 5.41) is 32.6. The lowest BCUT2D eigenvalue weighted by molar-refractivity contribution is -0.695. The molecule has 16 nitrogen and oxygen atoms in total. The molecule has 0 amide bonds. The van der Waals surface area contributed by atoms with Gasteiger partial charge in [0.1, 0.15) is 24.4 Å². The normalized spacial score (nSPS) is 27.9. The molecule has 0 aromatic carbocycles. The average Bonchev–Trinajstić information content (AvgIpc) is 3.04. The van der Waals surface area contributed by atoms with E-state index in [1.165, 1.54) is 15.2 Å². The van der Waals surface area contributed by atoms with Crippen molar-refractivity contribution in [2.24, 2.45) is 11.8 Å². The number of esters is 4. The van der Waals surface area contributed by atoms with Crippen LogP contribution in [-0.2, 0) is 38.1 Å². The second kappa shape index (κ2) is 16.7. The minimum atomic E-state index is -1.53. The largest absolute Gasteiger partial charge is 0.462 e. The van der Waals surface area contributed by atoms with Crippen LogP contribution in [0.4, 0.5) is 0 Å². The van der Waals surface area contributed by atoms with Crippen LogP contribution in [0.1, 0.15) is 175 Å². The summed E-state index contributed by atoms with van der Waals surface area (Å²) in [7, 11) is 0. The Morgan fingerprint density at radius 1 is 0.500 bits per heavy atom. The van der Waals surface area contributed by atoms with Crippen molar-refractivity contribution in [3.05, 3.63) is 4.91 Å². The molecule has 4 rings (SSSR count). The van der Waals surface area contributed by atoms with E-state index in [1.54, 1.807) is 27.7 Å². The first-order chi connectivity index (χ1) is 26.9. The summed E-state index contributed by atoms with van der Waals surface area (Å²) in [6.07, 6.45) is -1.52. The van der Waals surface area contributed by atoms with Crippen molar-refractivity contribution in [3.63, 3.8) is 0 Å². The quantitative estimate of drug-likeness (QED) is 0.120. The summed E-state index contributed by atoms with van der Waals surface area (Å²) < 4.78 is 25.5. The Morgan fingerprint density at radius 2 is 0.750 bits per heavy atom. The number of rotatable bonds is 11. The van der Waals surface area contributed by atoms with Gasteiger partial charge in [-0.2, -0.15) is 5.06 Å². The summed E-state index contributed by atoms with van der Waals surface area (Å²) in [4.78, 5) is 70.7. The highest BCUT2D eigenvalue weighted by Gasteiger charge is 2.56. The smallest absolute Gasteiger partial charge is 0.310 e. The van der Waals surface area contributed by atoms with Crippen molar-refractivity contribution in [1.82, 2.24) is 15.2 Å². The maximum atomic E-state index is 14.7. The number of carbonyl (C=O) groups excluding carboxylic acids is 4. The van der Waals surface area contributed by atoms with E-state index < -0.39 is 117 Å². The van der Waals surface area contributed by atoms with Gasteiger partial charge in [-0.25, -0.2) is 0 Å². The molecule has 4 heterocycles. The minimum absolute atomic E-state index is 0.244. The molecule has 0 bridgehead atoms. The first kappa shape index (κ1) is 49.9. The number of hydrogen-bond donors (Lipinski definition) is 1. The van der Waals surface area contributed by atoms with Gasteiger partial charge < -0.3 is 34.6 Å². The molecule has 2 unspecified atom stereocenters. The molecule has 4 aliphatic heterocycles. The van der Waals surface area contributed by atoms with Crippen molar-refractivity contribution in [1.29, 1.82) is 0 Å². The standard InChI is InChI=1S/C44H77N4O12/c1-37(2)19-27(20-38(3,4)45(37)53)57-33(49)17-31(35(51)59-29-23-41(9,10)47(55)42(11,12)24-29)32(36(52)60-30-25-43(13,14)48(56)44(15,16)26-30)18-34(50)58-28-21-39(5,6)46(54)40(7,8)22-28/h27-32,53,55-56H,17-26H2,1-16H3/q+1/p+2. The minimum Gasteiger partial charge on any atom is -0.462 e. The van der Waals surface area contributed by atoms with Crippen LogP contribution in [0.25, 0.3) is 0 Å². The summed E-state index contributed by atoms with van der Waals surface area (Å²) in [5.41, 5.74) is -5.91. The highest BCUT2D eigenvalue weighted by molar-refractivity contribution is 5.88. The molecule has 4 saturated heterocycles. The van der Waals surface area contributed by atoms with E-state index in [-0.39, 0.29) is 12.8 Å². The Bertz CT molecular complexity index is 1580. The molecule has 0 saturated carbocycles. The Morgan fingerprint density at radius 3 is 1.05 bits per heavy atom. The fraction of sp³-hybridized carbons (Fsp3) is 0.909. The van der Waals surface area contributed by atoms with Crippen molar-refractivity contribution < 1.29 is 58.5 Å². The number of carbonyl (C=O) groups is 4. The van der Waals surface area contributed by atoms with Gasteiger partial charge in [-0.15, -0.1) is 0 Å². The predicted octanol–water partition coefficient (Wildman–Crippen LogP) is 5.40. The number of nitrogens with zero attached hydrogens (tertiary/aromatic N) is 4. The molecule has 4 aliphatic rings. The molecule has 344 valence electrons. The monoisotopic (exact) mass is 856 g/mol. The van der Waals surface area contributed by atoms with Crippen molar-refractivity contribution in [2.45, 2.75) is 244 Å². The zero-order chi connectivity index (χ0) is 46.0. The van der Waals surface area contributed by atoms with Gasteiger partial charge in [-0.3, -0.25) is 19.2 Å². The van der Waals surface area contributed by atoms with Gasteiger partial charge in [0.2, 0.25) is 11.1 Å². The van der Waals surface area contributed by atoms with Gasteiger partial charge in [0.15, 0.2) is 0 Å². The van der Waals surface area contributed by atoms with E-state index in [4.69, 9.17) is 29.4 Å². The molecule has 0 aromatic rings. The molecule has 0 aromatic heterocycles. The Labute approximate surface area is 357 Å². The number of ether oxygens (including phenoxy) is 4. The van der Waals surface area contributed by atoms with Gasteiger partial charge in [0.25, 0.3) is 0 Å². The van der Waals surface area contributed by atoms with Crippen LogP contribution in [0.3, 0.4) is 0 Å². The predicted molar refractivity (Wildman–Crippen MR) is 223 cm³/mol. The maximum Gasteiger partial charge on any atom is 0.310 e. The van der Waals surface area contributed by atoms with Crippen LogP contribution in [0.15, 0.2) is 0 Å². The zero-order valence-corrected chi connectivity index (χ0v) is 39.4. The molecule has 0 aliphatic carbocycles. The van der Waals surface area contributed by atoms with E-state index in [9.17, 15) is 29.3 Å². The van der Waals surface area contributed by atoms with Crippen LogP contribution in [0, 0.1) is 16.7 Å². The summed E-state index contributed by atoms with van der Waals surface area (Å²) >= 11 is 0. The van der Waals surface area contributed by atoms with Crippen LogP contribution in [-0.4, -0.2) is 128 Å². The van der Waals surface area contributed by atoms with Gasteiger partial charge in [-0.1, -0.05) is 10.1 Å². The number of hydrogen-bond acceptors (Lipinski definition) is 13. The van der Waals surface area contributed by atoms with E-state index in [0.29, 0.717) is 38.5 Å². The topological polar surface area (TPSA) is 201 Å². The molecular weight excluding hydrogens is 776 g/mol. The van der Waals surface area contributed by atoms with Gasteiger partial charge in [0.05, 0.1) is 59.7 Å². The average molecular weight is 856 g/mol. The highest BCUT2D eigenvalue weighted by atomic mass is 16.6. The third kappa shape index (κ3) is 11.1.